The average molecular weight is 332 g/mol. The van der Waals surface area contributed by atoms with Gasteiger partial charge in [-0.3, -0.25) is 0 Å². The van der Waals surface area contributed by atoms with Crippen LogP contribution in [0.25, 0.3) is 0 Å². The van der Waals surface area contributed by atoms with Gasteiger partial charge in [0.25, 0.3) is 0 Å². The molecule has 1 unspecified atom stereocenters. The van der Waals surface area contributed by atoms with Crippen molar-refractivity contribution in [2.75, 3.05) is 27.2 Å². The van der Waals surface area contributed by atoms with Crippen LogP contribution < -0.4 is 5.73 Å². The van der Waals surface area contributed by atoms with E-state index < -0.39 is 10.0 Å². The standard InChI is InChI=1S/C14H22ClN3O2S/c1-17-7-3-4-12(17)10-18(2)21(19,20)14-6-5-11(9-16)8-13(14)15/h5-6,8,12H,3-4,7,9-10,16H2,1-2H3. The van der Waals surface area contributed by atoms with Gasteiger partial charge in [-0.15, -0.1) is 0 Å². The van der Waals surface area contributed by atoms with Crippen molar-refractivity contribution in [2.24, 2.45) is 5.73 Å². The quantitative estimate of drug-likeness (QED) is 0.888. The lowest BCUT2D eigenvalue weighted by Gasteiger charge is -2.25. The molecule has 7 heteroatoms. The lowest BCUT2D eigenvalue weighted by molar-refractivity contribution is 0.271. The fourth-order valence-corrected chi connectivity index (χ4v) is 4.40. The van der Waals surface area contributed by atoms with E-state index in [9.17, 15) is 8.42 Å². The van der Waals surface area contributed by atoms with Gasteiger partial charge in [-0.25, -0.2) is 8.42 Å². The second kappa shape index (κ2) is 6.62. The van der Waals surface area contributed by atoms with Gasteiger partial charge >= 0.3 is 0 Å². The Balaban J connectivity index is 2.20. The molecule has 0 amide bonds. The summed E-state index contributed by atoms with van der Waals surface area (Å²) in [6.45, 7) is 1.83. The summed E-state index contributed by atoms with van der Waals surface area (Å²) in [6.07, 6.45) is 2.14. The molecule has 1 heterocycles. The molecule has 1 fully saturated rings. The average Bonchev–Trinajstić information content (AvgIpc) is 2.83. The zero-order valence-corrected chi connectivity index (χ0v) is 14.0. The van der Waals surface area contributed by atoms with E-state index in [2.05, 4.69) is 4.90 Å². The molecule has 0 saturated carbocycles. The number of likely N-dealkylation sites (tertiary alicyclic amines) is 1. The van der Waals surface area contributed by atoms with Gasteiger partial charge in [0.2, 0.25) is 10.0 Å². The highest BCUT2D eigenvalue weighted by Crippen LogP contribution is 2.26. The lowest BCUT2D eigenvalue weighted by atomic mass is 10.2. The number of nitrogens with zero attached hydrogens (tertiary/aromatic N) is 2. The van der Waals surface area contributed by atoms with Crippen molar-refractivity contribution < 1.29 is 8.42 Å². The van der Waals surface area contributed by atoms with Crippen LogP contribution in [0.3, 0.4) is 0 Å². The number of nitrogens with two attached hydrogens (primary N) is 1. The fourth-order valence-electron chi connectivity index (χ4n) is 2.65. The molecule has 0 radical (unpaired) electrons. The molecule has 1 saturated heterocycles. The number of likely N-dealkylation sites (N-methyl/N-ethyl adjacent to an activating group) is 2. The molecule has 2 N–H and O–H groups in total. The van der Waals surface area contributed by atoms with Crippen LogP contribution in [0.2, 0.25) is 5.02 Å². The van der Waals surface area contributed by atoms with Crippen LogP contribution in [-0.2, 0) is 16.6 Å². The van der Waals surface area contributed by atoms with E-state index in [-0.39, 0.29) is 16.0 Å². The second-order valence-corrected chi connectivity index (χ2v) is 7.95. The molecule has 1 atom stereocenters. The Kier molecular flexibility index (Phi) is 5.27. The van der Waals surface area contributed by atoms with Crippen LogP contribution in [0.1, 0.15) is 18.4 Å². The summed E-state index contributed by atoms with van der Waals surface area (Å²) in [5.41, 5.74) is 6.35. The Morgan fingerprint density at radius 2 is 2.19 bits per heavy atom. The van der Waals surface area contributed by atoms with Crippen molar-refractivity contribution in [3.8, 4) is 0 Å². The summed E-state index contributed by atoms with van der Waals surface area (Å²) in [6, 6.07) is 5.12. The van der Waals surface area contributed by atoms with E-state index in [4.69, 9.17) is 17.3 Å². The van der Waals surface area contributed by atoms with Crippen molar-refractivity contribution in [3.63, 3.8) is 0 Å². The highest BCUT2D eigenvalue weighted by molar-refractivity contribution is 7.89. The van der Waals surface area contributed by atoms with Crippen LogP contribution in [-0.4, -0.2) is 50.8 Å². The van der Waals surface area contributed by atoms with Gasteiger partial charge in [-0.1, -0.05) is 17.7 Å². The van der Waals surface area contributed by atoms with E-state index in [1.165, 1.54) is 10.4 Å². The normalized spacial score (nSPS) is 20.3. The van der Waals surface area contributed by atoms with E-state index in [1.54, 1.807) is 19.2 Å². The number of hydrogen-bond donors (Lipinski definition) is 1. The van der Waals surface area contributed by atoms with E-state index in [1.807, 2.05) is 7.05 Å². The third-order valence-electron chi connectivity index (χ3n) is 4.06. The molecular formula is C14H22ClN3O2S. The molecule has 1 aliphatic heterocycles. The lowest BCUT2D eigenvalue weighted by Crippen LogP contribution is -2.39. The first-order valence-corrected chi connectivity index (χ1v) is 8.83. The van der Waals surface area contributed by atoms with Crippen LogP contribution in [0.4, 0.5) is 0 Å². The molecule has 118 valence electrons. The Labute approximate surface area is 131 Å². The van der Waals surface area contributed by atoms with Crippen LogP contribution in [0.5, 0.6) is 0 Å². The van der Waals surface area contributed by atoms with Gasteiger partial charge in [-0.05, 0) is 44.1 Å². The maximum Gasteiger partial charge on any atom is 0.244 e. The van der Waals surface area contributed by atoms with Crippen molar-refractivity contribution >= 4 is 21.6 Å². The van der Waals surface area contributed by atoms with Crippen molar-refractivity contribution in [3.05, 3.63) is 28.8 Å². The fraction of sp³-hybridized carbons (Fsp3) is 0.571. The summed E-state index contributed by atoms with van der Waals surface area (Å²) < 4.78 is 26.7. The van der Waals surface area contributed by atoms with Gasteiger partial charge < -0.3 is 10.6 Å². The van der Waals surface area contributed by atoms with Gasteiger partial charge in [0, 0.05) is 26.2 Å². The molecule has 0 bridgehead atoms. The number of rotatable bonds is 5. The summed E-state index contributed by atoms with van der Waals surface area (Å²) >= 11 is 6.11. The van der Waals surface area contributed by atoms with E-state index >= 15 is 0 Å². The Hall–Kier alpha value is -0.660. The summed E-state index contributed by atoms with van der Waals surface area (Å²) in [4.78, 5) is 2.34. The zero-order chi connectivity index (χ0) is 15.6. The monoisotopic (exact) mass is 331 g/mol. The number of hydrogen-bond acceptors (Lipinski definition) is 4. The SMILES string of the molecule is CN1CCCC1CN(C)S(=O)(=O)c1ccc(CN)cc1Cl. The third-order valence-corrected chi connectivity index (χ3v) is 6.37. The first kappa shape index (κ1) is 16.7. The molecule has 5 nitrogen and oxygen atoms in total. The molecule has 1 aromatic rings. The minimum Gasteiger partial charge on any atom is -0.326 e. The first-order valence-electron chi connectivity index (χ1n) is 7.01. The maximum atomic E-state index is 12.6. The van der Waals surface area contributed by atoms with Crippen molar-refractivity contribution in [2.45, 2.75) is 30.3 Å². The minimum absolute atomic E-state index is 0.143. The maximum absolute atomic E-state index is 12.6. The molecular weight excluding hydrogens is 310 g/mol. The van der Waals surface area contributed by atoms with Crippen LogP contribution in [0.15, 0.2) is 23.1 Å². The Morgan fingerprint density at radius 3 is 2.71 bits per heavy atom. The highest BCUT2D eigenvalue weighted by Gasteiger charge is 2.29. The number of sulfonamides is 1. The van der Waals surface area contributed by atoms with E-state index in [0.717, 1.165) is 24.9 Å². The molecule has 0 spiro atoms. The second-order valence-electron chi connectivity index (χ2n) is 5.53. The summed E-state index contributed by atoms with van der Waals surface area (Å²) in [5, 5.41) is 0.226. The van der Waals surface area contributed by atoms with Crippen LogP contribution in [0, 0.1) is 0 Å². The summed E-state index contributed by atoms with van der Waals surface area (Å²) in [7, 11) is 0.0631. The predicted octanol–water partition coefficient (Wildman–Crippen LogP) is 1.51. The van der Waals surface area contributed by atoms with Gasteiger partial charge in [0.15, 0.2) is 0 Å². The van der Waals surface area contributed by atoms with Gasteiger partial charge in [0.05, 0.1) is 5.02 Å². The Morgan fingerprint density at radius 1 is 1.48 bits per heavy atom. The van der Waals surface area contributed by atoms with Gasteiger partial charge in [0.1, 0.15) is 4.90 Å². The molecule has 0 aliphatic carbocycles. The molecule has 1 aliphatic rings. The summed E-state index contributed by atoms with van der Waals surface area (Å²) in [5.74, 6) is 0. The molecule has 21 heavy (non-hydrogen) atoms. The first-order chi connectivity index (χ1) is 9.86. The zero-order valence-electron chi connectivity index (χ0n) is 12.4. The van der Waals surface area contributed by atoms with Crippen LogP contribution >= 0.6 is 11.6 Å². The largest absolute Gasteiger partial charge is 0.326 e. The van der Waals surface area contributed by atoms with Crippen molar-refractivity contribution in [1.82, 2.24) is 9.21 Å². The van der Waals surface area contributed by atoms with Gasteiger partial charge in [-0.2, -0.15) is 4.31 Å². The minimum atomic E-state index is -3.57. The molecule has 1 aromatic carbocycles. The van der Waals surface area contributed by atoms with E-state index in [0.29, 0.717) is 13.1 Å². The number of halogens is 1. The highest BCUT2D eigenvalue weighted by atomic mass is 35.5. The smallest absolute Gasteiger partial charge is 0.244 e. The molecule has 0 aromatic heterocycles. The third kappa shape index (κ3) is 3.57. The van der Waals surface area contributed by atoms with Crippen molar-refractivity contribution in [1.29, 1.82) is 0 Å². The Bertz CT molecular complexity index is 606. The topological polar surface area (TPSA) is 66.6 Å². The molecule has 2 rings (SSSR count). The predicted molar refractivity (Wildman–Crippen MR) is 84.8 cm³/mol. The number of benzene rings is 1.